The monoisotopic (exact) mass is 257 g/mol. The van der Waals surface area contributed by atoms with Crippen molar-refractivity contribution in [3.63, 3.8) is 0 Å². The van der Waals surface area contributed by atoms with Gasteiger partial charge in [0.2, 0.25) is 0 Å². The number of halogens is 1. The molecule has 0 bridgehead atoms. The zero-order valence-electron chi connectivity index (χ0n) is 11.0. The number of nitrogens with zero attached hydrogens (tertiary/aromatic N) is 2. The minimum Gasteiger partial charge on any atom is -0.345 e. The van der Waals surface area contributed by atoms with Crippen LogP contribution >= 0.6 is 0 Å². The third-order valence-electron chi connectivity index (χ3n) is 3.26. The highest BCUT2D eigenvalue weighted by molar-refractivity contribution is 5.33. The predicted molar refractivity (Wildman–Crippen MR) is 72.1 cm³/mol. The summed E-state index contributed by atoms with van der Waals surface area (Å²) in [6.45, 7) is 2.52. The molecule has 0 saturated carbocycles. The van der Waals surface area contributed by atoms with Crippen LogP contribution in [0, 0.1) is 17.1 Å². The molecule has 2 rings (SSSR count). The quantitative estimate of drug-likeness (QED) is 0.915. The summed E-state index contributed by atoms with van der Waals surface area (Å²) >= 11 is 0. The van der Waals surface area contributed by atoms with Crippen molar-refractivity contribution < 1.29 is 4.39 Å². The molecule has 1 atom stereocenters. The molecule has 3 nitrogen and oxygen atoms in total. The van der Waals surface area contributed by atoms with E-state index >= 15 is 0 Å². The third-order valence-corrected chi connectivity index (χ3v) is 3.26. The van der Waals surface area contributed by atoms with Gasteiger partial charge in [0.05, 0.1) is 18.2 Å². The summed E-state index contributed by atoms with van der Waals surface area (Å²) < 4.78 is 15.9. The Hall–Kier alpha value is -2.12. The lowest BCUT2D eigenvalue weighted by molar-refractivity contribution is 0.567. The molecule has 0 fully saturated rings. The van der Waals surface area contributed by atoms with Crippen molar-refractivity contribution in [2.45, 2.75) is 19.5 Å². The Morgan fingerprint density at radius 2 is 2.21 bits per heavy atom. The van der Waals surface area contributed by atoms with Gasteiger partial charge < -0.3 is 9.88 Å². The second kappa shape index (κ2) is 5.68. The number of nitriles is 1. The summed E-state index contributed by atoms with van der Waals surface area (Å²) in [5, 5.41) is 11.9. The van der Waals surface area contributed by atoms with Crippen LogP contribution in [0.2, 0.25) is 0 Å². The van der Waals surface area contributed by atoms with Gasteiger partial charge in [0.25, 0.3) is 0 Å². The number of hydrogen-bond donors (Lipinski definition) is 1. The lowest BCUT2D eigenvalue weighted by Crippen LogP contribution is -2.17. The summed E-state index contributed by atoms with van der Waals surface area (Å²) in [4.78, 5) is 0. The van der Waals surface area contributed by atoms with Crippen LogP contribution in [-0.4, -0.2) is 11.6 Å². The molecule has 1 unspecified atom stereocenters. The smallest absolute Gasteiger partial charge is 0.129 e. The molecule has 0 radical (unpaired) electrons. The molecule has 0 amide bonds. The van der Waals surface area contributed by atoms with E-state index in [1.54, 1.807) is 12.1 Å². The molecule has 1 heterocycles. The van der Waals surface area contributed by atoms with Crippen LogP contribution in [0.1, 0.15) is 29.8 Å². The van der Waals surface area contributed by atoms with Gasteiger partial charge in [-0.2, -0.15) is 5.26 Å². The molecular formula is C15H16FN3. The van der Waals surface area contributed by atoms with Crippen molar-refractivity contribution >= 4 is 0 Å². The Balaban J connectivity index is 2.27. The van der Waals surface area contributed by atoms with E-state index in [-0.39, 0.29) is 11.9 Å². The van der Waals surface area contributed by atoms with Gasteiger partial charge in [-0.15, -0.1) is 0 Å². The summed E-state index contributed by atoms with van der Waals surface area (Å²) in [5.74, 6) is -0.337. The summed E-state index contributed by atoms with van der Waals surface area (Å²) in [7, 11) is 1.89. The van der Waals surface area contributed by atoms with E-state index in [1.807, 2.05) is 36.0 Å². The molecule has 0 aliphatic carbocycles. The second-order valence-electron chi connectivity index (χ2n) is 4.49. The Bertz CT molecular complexity index is 610. The molecule has 19 heavy (non-hydrogen) atoms. The predicted octanol–water partition coefficient (Wildman–Crippen LogP) is 2.83. The van der Waals surface area contributed by atoms with Crippen LogP contribution < -0.4 is 5.32 Å². The first-order valence-corrected chi connectivity index (χ1v) is 6.16. The van der Waals surface area contributed by atoms with Crippen molar-refractivity contribution in [2.75, 3.05) is 7.05 Å². The van der Waals surface area contributed by atoms with E-state index in [1.165, 1.54) is 6.07 Å². The maximum Gasteiger partial charge on any atom is 0.129 e. The fourth-order valence-electron chi connectivity index (χ4n) is 2.04. The normalized spacial score (nSPS) is 12.1. The van der Waals surface area contributed by atoms with Crippen molar-refractivity contribution in [1.29, 1.82) is 5.26 Å². The van der Waals surface area contributed by atoms with Crippen molar-refractivity contribution in [3.05, 3.63) is 59.2 Å². The Kier molecular flexibility index (Phi) is 3.98. The molecule has 1 aromatic carbocycles. The van der Waals surface area contributed by atoms with Gasteiger partial charge in [-0.3, -0.25) is 0 Å². The van der Waals surface area contributed by atoms with Crippen molar-refractivity contribution in [3.8, 4) is 6.07 Å². The molecule has 0 saturated heterocycles. The minimum absolute atomic E-state index is 0.205. The molecule has 0 aliphatic heterocycles. The molecule has 0 aliphatic rings. The van der Waals surface area contributed by atoms with Crippen molar-refractivity contribution in [2.24, 2.45) is 0 Å². The van der Waals surface area contributed by atoms with Crippen LogP contribution in [-0.2, 0) is 6.54 Å². The highest BCUT2D eigenvalue weighted by atomic mass is 19.1. The second-order valence-corrected chi connectivity index (χ2v) is 4.49. The highest BCUT2D eigenvalue weighted by Gasteiger charge is 2.10. The maximum absolute atomic E-state index is 13.9. The fraction of sp³-hybridized carbons (Fsp3) is 0.267. The van der Waals surface area contributed by atoms with Gasteiger partial charge in [0.15, 0.2) is 0 Å². The molecular weight excluding hydrogens is 241 g/mol. The fourth-order valence-corrected chi connectivity index (χ4v) is 2.04. The first-order chi connectivity index (χ1) is 9.15. The number of nitrogens with one attached hydrogen (secondary N) is 1. The number of rotatable bonds is 4. The zero-order valence-corrected chi connectivity index (χ0v) is 11.0. The number of benzene rings is 1. The molecule has 2 aromatic rings. The van der Waals surface area contributed by atoms with Gasteiger partial charge in [0.1, 0.15) is 5.82 Å². The first-order valence-electron chi connectivity index (χ1n) is 6.16. The highest BCUT2D eigenvalue weighted by Crippen LogP contribution is 2.17. The Labute approximate surface area is 112 Å². The standard InChI is InChI=1S/C15H16FN3/c1-11(18-2)15-4-3-7-19(15)10-13-6-5-12(9-17)8-14(13)16/h3-8,11,18H,10H2,1-2H3. The van der Waals surface area contributed by atoms with Gasteiger partial charge >= 0.3 is 0 Å². The van der Waals surface area contributed by atoms with Crippen molar-refractivity contribution in [1.82, 2.24) is 9.88 Å². The summed E-state index contributed by atoms with van der Waals surface area (Å²) in [6, 6.07) is 10.7. The van der Waals surface area contributed by atoms with E-state index in [9.17, 15) is 4.39 Å². The molecule has 98 valence electrons. The Morgan fingerprint density at radius 3 is 2.84 bits per heavy atom. The van der Waals surface area contributed by atoms with E-state index in [0.717, 1.165) is 5.69 Å². The molecule has 4 heteroatoms. The minimum atomic E-state index is -0.337. The average molecular weight is 257 g/mol. The van der Waals surface area contributed by atoms with Crippen LogP contribution in [0.15, 0.2) is 36.5 Å². The van der Waals surface area contributed by atoms with Gasteiger partial charge in [-0.25, -0.2) is 4.39 Å². The van der Waals surface area contributed by atoms with E-state index in [0.29, 0.717) is 17.7 Å². The Morgan fingerprint density at radius 1 is 1.42 bits per heavy atom. The lowest BCUT2D eigenvalue weighted by atomic mass is 10.1. The summed E-state index contributed by atoms with van der Waals surface area (Å²) in [5.41, 5.74) is 2.03. The SMILES string of the molecule is CNC(C)c1cccn1Cc1ccc(C#N)cc1F. The average Bonchev–Trinajstić information content (AvgIpc) is 2.88. The molecule has 1 aromatic heterocycles. The first kappa shape index (κ1) is 13.3. The molecule has 0 spiro atoms. The maximum atomic E-state index is 13.9. The largest absolute Gasteiger partial charge is 0.345 e. The van der Waals surface area contributed by atoms with Crippen LogP contribution in [0.25, 0.3) is 0 Å². The van der Waals surface area contributed by atoms with Gasteiger partial charge in [-0.1, -0.05) is 6.07 Å². The van der Waals surface area contributed by atoms with Crippen LogP contribution in [0.5, 0.6) is 0 Å². The van der Waals surface area contributed by atoms with Crippen LogP contribution in [0.3, 0.4) is 0 Å². The lowest BCUT2D eigenvalue weighted by Gasteiger charge is -2.15. The number of aromatic nitrogens is 1. The van der Waals surface area contributed by atoms with E-state index in [4.69, 9.17) is 5.26 Å². The third kappa shape index (κ3) is 2.83. The summed E-state index contributed by atoms with van der Waals surface area (Å²) in [6.07, 6.45) is 1.93. The van der Waals surface area contributed by atoms with E-state index < -0.39 is 0 Å². The topological polar surface area (TPSA) is 40.8 Å². The molecule has 1 N–H and O–H groups in total. The van der Waals surface area contributed by atoms with Gasteiger partial charge in [-0.05, 0) is 38.2 Å². The van der Waals surface area contributed by atoms with Gasteiger partial charge in [0, 0.05) is 23.5 Å². The van der Waals surface area contributed by atoms with Crippen LogP contribution in [0.4, 0.5) is 4.39 Å². The zero-order chi connectivity index (χ0) is 13.8. The van der Waals surface area contributed by atoms with E-state index in [2.05, 4.69) is 12.2 Å². The number of hydrogen-bond acceptors (Lipinski definition) is 2.